The van der Waals surface area contributed by atoms with Crippen molar-refractivity contribution >= 4 is 142 Å². The first-order valence-electron chi connectivity index (χ1n) is 35.8. The summed E-state index contributed by atoms with van der Waals surface area (Å²) in [5.74, 6) is 0.933. The molecule has 0 unspecified atom stereocenters. The highest BCUT2D eigenvalue weighted by Crippen LogP contribution is 2.50. The molecule has 2 aliphatic carbocycles. The van der Waals surface area contributed by atoms with Crippen LogP contribution in [0.2, 0.25) is 5.15 Å². The molecule has 2 aliphatic rings. The zero-order valence-corrected chi connectivity index (χ0v) is 57.4. The maximum Gasteiger partial charge on any atom is 0.138 e. The Morgan fingerprint density at radius 3 is 1.24 bits per heavy atom. The molecule has 16 aromatic carbocycles. The lowest BCUT2D eigenvalue weighted by molar-refractivity contribution is 1.09. The number of aromatic amines is 1. The molecule has 0 aliphatic heterocycles. The van der Waals surface area contributed by atoms with Gasteiger partial charge in [0.2, 0.25) is 0 Å². The van der Waals surface area contributed by atoms with Crippen LogP contribution in [0.3, 0.4) is 0 Å². The van der Waals surface area contributed by atoms with E-state index in [1.165, 1.54) is 192 Å². The van der Waals surface area contributed by atoms with Crippen molar-refractivity contribution in [1.29, 1.82) is 0 Å². The Balaban J connectivity index is 0.000000112. The number of hydrogen-bond donors (Lipinski definition) is 1. The maximum atomic E-state index is 5.99. The van der Waals surface area contributed by atoms with Gasteiger partial charge in [-0.2, -0.15) is 0 Å². The van der Waals surface area contributed by atoms with Crippen LogP contribution in [0.5, 0.6) is 0 Å². The molecule has 0 saturated heterocycles. The average Bonchev–Trinajstić information content (AvgIpc) is 1.58. The summed E-state index contributed by atoms with van der Waals surface area (Å²) in [5.41, 5.74) is 26.2. The van der Waals surface area contributed by atoms with Crippen molar-refractivity contribution in [3.8, 4) is 84.2 Å². The molecule has 488 valence electrons. The first-order chi connectivity index (χ1) is 52.0. The Morgan fingerprint density at radius 2 is 0.667 bits per heavy atom. The van der Waals surface area contributed by atoms with E-state index >= 15 is 0 Å². The lowest BCUT2D eigenvalue weighted by atomic mass is 10.00. The molecule has 0 saturated carbocycles. The van der Waals surface area contributed by atoms with E-state index in [1.807, 2.05) is 6.07 Å². The van der Waals surface area contributed by atoms with Gasteiger partial charge >= 0.3 is 0 Å². The minimum Gasteiger partial charge on any atom is -0.354 e. The Kier molecular flexibility index (Phi) is 13.0. The van der Waals surface area contributed by atoms with Crippen LogP contribution in [0, 0.1) is 0 Å². The third kappa shape index (κ3) is 9.10. The second-order valence-corrected chi connectivity index (χ2v) is 28.1. The van der Waals surface area contributed by atoms with Crippen LogP contribution < -0.4 is 0 Å². The highest BCUT2D eigenvalue weighted by molar-refractivity contribution is 6.30. The van der Waals surface area contributed by atoms with Gasteiger partial charge in [0.25, 0.3) is 0 Å². The van der Waals surface area contributed by atoms with E-state index in [4.69, 9.17) is 16.6 Å². The summed E-state index contributed by atoms with van der Waals surface area (Å²) in [6.45, 7) is 0. The Labute approximate surface area is 607 Å². The van der Waals surface area contributed by atoms with Crippen molar-refractivity contribution in [3.63, 3.8) is 0 Å². The number of halogens is 1. The fourth-order valence-corrected chi connectivity index (χ4v) is 17.6. The highest BCUT2D eigenvalue weighted by Gasteiger charge is 2.27. The first-order valence-corrected chi connectivity index (χ1v) is 36.2. The van der Waals surface area contributed by atoms with Crippen LogP contribution in [0.1, 0.15) is 0 Å². The summed E-state index contributed by atoms with van der Waals surface area (Å²) in [6.07, 6.45) is 0. The second kappa shape index (κ2) is 23.2. The van der Waals surface area contributed by atoms with E-state index < -0.39 is 0 Å². The average molecular weight is 1360 g/mol. The van der Waals surface area contributed by atoms with Crippen LogP contribution in [0.25, 0.3) is 215 Å². The normalized spacial score (nSPS) is 12.0. The zero-order valence-electron chi connectivity index (χ0n) is 56.6. The predicted molar refractivity (Wildman–Crippen MR) is 442 cm³/mol. The van der Waals surface area contributed by atoms with Crippen LogP contribution in [0.15, 0.2) is 352 Å². The molecule has 0 spiro atoms. The highest BCUT2D eigenvalue weighted by atomic mass is 35.5. The summed E-state index contributed by atoms with van der Waals surface area (Å²) >= 11 is 5.99. The molecule has 0 amide bonds. The lowest BCUT2D eigenvalue weighted by Gasteiger charge is -2.11. The fourth-order valence-electron chi connectivity index (χ4n) is 17.4. The van der Waals surface area contributed by atoms with Crippen LogP contribution in [-0.2, 0) is 0 Å². The molecule has 0 bridgehead atoms. The molecule has 0 atom stereocenters. The van der Waals surface area contributed by atoms with Gasteiger partial charge in [0.1, 0.15) is 11.0 Å². The molecule has 24 rings (SSSR count). The first kappa shape index (κ1) is 59.1. The molecule has 6 heterocycles. The maximum absolute atomic E-state index is 5.99. The van der Waals surface area contributed by atoms with Gasteiger partial charge in [-0.3, -0.25) is 4.57 Å². The Hall–Kier alpha value is -13.7. The largest absolute Gasteiger partial charge is 0.354 e. The summed E-state index contributed by atoms with van der Waals surface area (Å²) in [6, 6.07) is 127. The number of pyridine rings is 2. The SMILES string of the molecule is Clc1ccc2c(n1)-c1cccc3cccc-2c13.c1ccc(-n2c3ccccc3c3cc(-c4ccc5[nH]c6c7ccccc7ccc6c5c4)ccc32)cc1.c1ccc(-n2c3ccccc3c3cc(-c4ccc5c(c4)c4ccc6ccccc6c4n5-c4ccc5c(n4)-c4cccc6cccc-5c46)ccc32)cc1. The minimum absolute atomic E-state index is 0.550. The second-order valence-electron chi connectivity index (χ2n) is 27.7. The summed E-state index contributed by atoms with van der Waals surface area (Å²) in [7, 11) is 0. The topological polar surface area (TPSA) is 56.4 Å². The molecule has 6 aromatic heterocycles. The van der Waals surface area contributed by atoms with E-state index in [0.717, 1.165) is 22.7 Å². The van der Waals surface area contributed by atoms with E-state index in [2.05, 4.69) is 369 Å². The van der Waals surface area contributed by atoms with Crippen molar-refractivity contribution in [2.24, 2.45) is 0 Å². The fraction of sp³-hybridized carbons (Fsp3) is 0. The van der Waals surface area contributed by atoms with Gasteiger partial charge in [0.15, 0.2) is 0 Å². The number of nitrogens with one attached hydrogen (secondary N) is 1. The van der Waals surface area contributed by atoms with Crippen molar-refractivity contribution in [2.45, 2.75) is 0 Å². The van der Waals surface area contributed by atoms with Gasteiger partial charge in [-0.15, -0.1) is 0 Å². The van der Waals surface area contributed by atoms with Crippen LogP contribution >= 0.6 is 11.6 Å². The molecule has 1 N–H and O–H groups in total. The smallest absolute Gasteiger partial charge is 0.138 e. The monoisotopic (exact) mass is 1350 g/mol. The summed E-state index contributed by atoms with van der Waals surface area (Å²) < 4.78 is 7.12. The third-order valence-electron chi connectivity index (χ3n) is 22.1. The molecule has 105 heavy (non-hydrogen) atoms. The number of fused-ring (bicyclic) bond motifs is 22. The number of H-pyrrole nitrogens is 1. The predicted octanol–water partition coefficient (Wildman–Crippen LogP) is 26.7. The van der Waals surface area contributed by atoms with E-state index in [0.29, 0.717) is 5.15 Å². The number of benzene rings is 16. The minimum atomic E-state index is 0.550. The number of aromatic nitrogens is 6. The lowest BCUT2D eigenvalue weighted by Crippen LogP contribution is -1.99. The van der Waals surface area contributed by atoms with Gasteiger partial charge in [0, 0.05) is 93.0 Å². The standard InChI is InChI=1S/C49H29N3.C34H22N2.C15H8ClN/c1-2-13-34(14-3-1)51-43-19-7-6-16-36(43)41-28-32(21-25-44(41)51)33-22-26-45-42(29-33)39-23-20-30-10-4-5-15-35(30)49(39)52(45)46-27-24-38-37-17-8-11-31-12-9-18-40(47(31)37)48(38)50-46;1-2-9-25(10-3-1)36-32-13-7-6-12-27(32)30-21-24(16-19-33(30)36)23-15-18-31-29(20-23)28-17-14-22-8-4-5-11-26(22)34(28)35-31;16-13-8-7-11-10-5-1-3-9-4-2-6-12(14(9)10)15(11)17-13/h1-29H;1-21,35H;1-8H. The molecular weight excluding hydrogens is 1300 g/mol. The molecule has 0 fully saturated rings. The number of rotatable bonds is 5. The molecular formula is C98H59ClN6. The molecule has 22 aromatic rings. The van der Waals surface area contributed by atoms with Crippen LogP contribution in [0.4, 0.5) is 0 Å². The van der Waals surface area contributed by atoms with Gasteiger partial charge in [-0.05, 0) is 175 Å². The van der Waals surface area contributed by atoms with E-state index in [1.54, 1.807) is 0 Å². The molecule has 7 heteroatoms. The van der Waals surface area contributed by atoms with Gasteiger partial charge in [-0.25, -0.2) is 9.97 Å². The summed E-state index contributed by atoms with van der Waals surface area (Å²) in [5, 5.41) is 20.7. The van der Waals surface area contributed by atoms with Crippen molar-refractivity contribution in [3.05, 3.63) is 357 Å². The summed E-state index contributed by atoms with van der Waals surface area (Å²) in [4.78, 5) is 13.6. The van der Waals surface area contributed by atoms with E-state index in [9.17, 15) is 0 Å². The van der Waals surface area contributed by atoms with Gasteiger partial charge in [0.05, 0.1) is 50.0 Å². The van der Waals surface area contributed by atoms with Crippen molar-refractivity contribution in [2.75, 3.05) is 0 Å². The third-order valence-corrected chi connectivity index (χ3v) is 22.3. The van der Waals surface area contributed by atoms with Gasteiger partial charge < -0.3 is 14.1 Å². The molecule has 0 radical (unpaired) electrons. The number of para-hydroxylation sites is 4. The van der Waals surface area contributed by atoms with Crippen molar-refractivity contribution < 1.29 is 0 Å². The van der Waals surface area contributed by atoms with Gasteiger partial charge in [-0.1, -0.05) is 254 Å². The Morgan fingerprint density at radius 1 is 0.248 bits per heavy atom. The quantitative estimate of drug-likeness (QED) is 0.175. The van der Waals surface area contributed by atoms with Crippen molar-refractivity contribution in [1.82, 2.24) is 28.7 Å². The van der Waals surface area contributed by atoms with E-state index in [-0.39, 0.29) is 0 Å². The molecule has 6 nitrogen and oxygen atoms in total. The number of hydrogen-bond acceptors (Lipinski definition) is 2. The Bertz CT molecular complexity index is 7410. The number of nitrogens with zero attached hydrogens (tertiary/aromatic N) is 5. The van der Waals surface area contributed by atoms with Crippen LogP contribution in [-0.4, -0.2) is 28.7 Å². The zero-order chi connectivity index (χ0) is 69.0.